The highest BCUT2D eigenvalue weighted by Gasteiger charge is 2.08. The molecule has 2 aromatic heterocycles. The summed E-state index contributed by atoms with van der Waals surface area (Å²) in [5.74, 6) is 0.752. The minimum Gasteiger partial charge on any atom is -0.253 e. The van der Waals surface area contributed by atoms with E-state index >= 15 is 0 Å². The van der Waals surface area contributed by atoms with Gasteiger partial charge in [-0.3, -0.25) is 4.98 Å². The molecular weight excluding hydrogens is 214 g/mol. The lowest BCUT2D eigenvalue weighted by Gasteiger charge is -2.03. The molecule has 0 aliphatic rings. The largest absolute Gasteiger partial charge is 0.253 e. The van der Waals surface area contributed by atoms with Crippen molar-refractivity contribution in [2.75, 3.05) is 0 Å². The number of pyridine rings is 1. The summed E-state index contributed by atoms with van der Waals surface area (Å²) >= 11 is 0. The lowest BCUT2D eigenvalue weighted by molar-refractivity contribution is 0.531. The molecule has 0 radical (unpaired) electrons. The first-order chi connectivity index (χ1) is 8.42. The molecule has 0 N–H and O–H groups in total. The molecule has 5 nitrogen and oxygen atoms in total. The molecule has 2 aromatic rings. The molecule has 2 heterocycles. The van der Waals surface area contributed by atoms with Crippen LogP contribution in [0.25, 0.3) is 11.5 Å². The van der Waals surface area contributed by atoms with Gasteiger partial charge in [0, 0.05) is 12.7 Å². The van der Waals surface area contributed by atoms with Crippen LogP contribution in [0, 0.1) is 0 Å². The summed E-state index contributed by atoms with van der Waals surface area (Å²) in [7, 11) is 0. The van der Waals surface area contributed by atoms with Crippen LogP contribution in [0.4, 0.5) is 0 Å². The van der Waals surface area contributed by atoms with Gasteiger partial charge in [0.15, 0.2) is 0 Å². The zero-order chi connectivity index (χ0) is 11.9. The number of rotatable bonds is 6. The monoisotopic (exact) mass is 231 g/mol. The van der Waals surface area contributed by atoms with Crippen LogP contribution in [-0.2, 0) is 6.54 Å². The molecule has 0 atom stereocenters. The summed E-state index contributed by atoms with van der Waals surface area (Å²) in [5, 5.41) is 11.8. The second-order valence-electron chi connectivity index (χ2n) is 4.00. The van der Waals surface area contributed by atoms with Gasteiger partial charge in [-0.2, -0.15) is 0 Å². The molecule has 0 amide bonds. The molecular formula is C12H17N5. The van der Waals surface area contributed by atoms with Crippen molar-refractivity contribution in [1.82, 2.24) is 25.2 Å². The average Bonchev–Trinajstić information content (AvgIpc) is 2.84. The number of tetrazole rings is 1. The van der Waals surface area contributed by atoms with Crippen LogP contribution in [-0.4, -0.2) is 25.2 Å². The second kappa shape index (κ2) is 6.08. The molecule has 0 aliphatic heterocycles. The maximum atomic E-state index is 4.26. The van der Waals surface area contributed by atoms with Gasteiger partial charge >= 0.3 is 0 Å². The van der Waals surface area contributed by atoms with Crippen molar-refractivity contribution in [2.45, 2.75) is 39.2 Å². The van der Waals surface area contributed by atoms with E-state index in [0.29, 0.717) is 0 Å². The summed E-state index contributed by atoms with van der Waals surface area (Å²) in [6.45, 7) is 3.06. The van der Waals surface area contributed by atoms with E-state index < -0.39 is 0 Å². The van der Waals surface area contributed by atoms with E-state index in [2.05, 4.69) is 27.4 Å². The van der Waals surface area contributed by atoms with Crippen molar-refractivity contribution in [1.29, 1.82) is 0 Å². The first-order valence-corrected chi connectivity index (χ1v) is 6.09. The van der Waals surface area contributed by atoms with Crippen LogP contribution in [0.5, 0.6) is 0 Å². The molecule has 0 fully saturated rings. The first-order valence-electron chi connectivity index (χ1n) is 6.09. The quantitative estimate of drug-likeness (QED) is 0.716. The maximum Gasteiger partial charge on any atom is 0.200 e. The summed E-state index contributed by atoms with van der Waals surface area (Å²) in [6.07, 6.45) is 6.59. The number of aromatic nitrogens is 5. The van der Waals surface area contributed by atoms with Crippen molar-refractivity contribution in [3.8, 4) is 11.5 Å². The Morgan fingerprint density at radius 2 is 2.12 bits per heavy atom. The summed E-state index contributed by atoms with van der Waals surface area (Å²) in [6, 6.07) is 5.76. The SMILES string of the molecule is CCCCCCn1nnnc1-c1ccccn1. The van der Waals surface area contributed by atoms with Crippen molar-refractivity contribution in [2.24, 2.45) is 0 Å². The van der Waals surface area contributed by atoms with Crippen LogP contribution < -0.4 is 0 Å². The van der Waals surface area contributed by atoms with Crippen LogP contribution in [0.2, 0.25) is 0 Å². The average molecular weight is 231 g/mol. The molecule has 0 bridgehead atoms. The molecule has 0 aliphatic carbocycles. The van der Waals surface area contributed by atoms with Gasteiger partial charge in [-0.25, -0.2) is 4.68 Å². The Morgan fingerprint density at radius 1 is 1.18 bits per heavy atom. The van der Waals surface area contributed by atoms with Crippen molar-refractivity contribution >= 4 is 0 Å². The number of hydrogen-bond donors (Lipinski definition) is 0. The smallest absolute Gasteiger partial charge is 0.200 e. The fourth-order valence-electron chi connectivity index (χ4n) is 1.72. The van der Waals surface area contributed by atoms with Gasteiger partial charge in [-0.1, -0.05) is 32.3 Å². The highest BCUT2D eigenvalue weighted by molar-refractivity contribution is 5.47. The molecule has 90 valence electrons. The molecule has 0 saturated carbocycles. The van der Waals surface area contributed by atoms with E-state index in [-0.39, 0.29) is 0 Å². The maximum absolute atomic E-state index is 4.26. The molecule has 0 spiro atoms. The van der Waals surface area contributed by atoms with Crippen molar-refractivity contribution in [3.05, 3.63) is 24.4 Å². The number of hydrogen-bond acceptors (Lipinski definition) is 4. The zero-order valence-corrected chi connectivity index (χ0v) is 10.1. The molecule has 17 heavy (non-hydrogen) atoms. The molecule has 5 heteroatoms. The summed E-state index contributed by atoms with van der Waals surface area (Å²) in [5.41, 5.74) is 0.827. The Bertz CT molecular complexity index is 437. The third kappa shape index (κ3) is 3.09. The first kappa shape index (κ1) is 11.7. The minimum atomic E-state index is 0.752. The Morgan fingerprint density at radius 3 is 2.88 bits per heavy atom. The summed E-state index contributed by atoms with van der Waals surface area (Å²) in [4.78, 5) is 4.26. The lowest BCUT2D eigenvalue weighted by Crippen LogP contribution is -2.03. The molecule has 0 saturated heterocycles. The van der Waals surface area contributed by atoms with Gasteiger partial charge < -0.3 is 0 Å². The van der Waals surface area contributed by atoms with Crippen LogP contribution in [0.15, 0.2) is 24.4 Å². The van der Waals surface area contributed by atoms with Gasteiger partial charge in [-0.05, 0) is 29.0 Å². The van der Waals surface area contributed by atoms with Gasteiger partial charge in [0.1, 0.15) is 5.69 Å². The number of nitrogens with zero attached hydrogens (tertiary/aromatic N) is 5. The standard InChI is InChI=1S/C12H17N5/c1-2-3-4-7-10-17-12(14-15-16-17)11-8-5-6-9-13-11/h5-6,8-9H,2-4,7,10H2,1H3. The Labute approximate surface area is 101 Å². The third-order valence-corrected chi connectivity index (χ3v) is 2.65. The van der Waals surface area contributed by atoms with E-state index in [1.807, 2.05) is 22.9 Å². The highest BCUT2D eigenvalue weighted by atomic mass is 15.5. The van der Waals surface area contributed by atoms with E-state index in [1.165, 1.54) is 19.3 Å². The van der Waals surface area contributed by atoms with Crippen LogP contribution in [0.1, 0.15) is 32.6 Å². The van der Waals surface area contributed by atoms with Crippen LogP contribution >= 0.6 is 0 Å². The lowest BCUT2D eigenvalue weighted by atomic mass is 10.2. The van der Waals surface area contributed by atoms with Crippen molar-refractivity contribution < 1.29 is 0 Å². The van der Waals surface area contributed by atoms with Gasteiger partial charge in [0.05, 0.1) is 0 Å². The van der Waals surface area contributed by atoms with Gasteiger partial charge in [0.2, 0.25) is 5.82 Å². The predicted molar refractivity (Wildman–Crippen MR) is 65.2 cm³/mol. The number of aryl methyl sites for hydroxylation is 1. The topological polar surface area (TPSA) is 56.5 Å². The fraction of sp³-hybridized carbons (Fsp3) is 0.500. The minimum absolute atomic E-state index is 0.752. The molecule has 0 unspecified atom stereocenters. The van der Waals surface area contributed by atoms with E-state index in [9.17, 15) is 0 Å². The van der Waals surface area contributed by atoms with Gasteiger partial charge in [-0.15, -0.1) is 5.10 Å². The van der Waals surface area contributed by atoms with E-state index in [0.717, 1.165) is 24.5 Å². The normalized spacial score (nSPS) is 10.6. The molecule has 2 rings (SSSR count). The fourth-order valence-corrected chi connectivity index (χ4v) is 1.72. The molecule has 0 aromatic carbocycles. The predicted octanol–water partition coefficient (Wildman–Crippen LogP) is 2.32. The second-order valence-corrected chi connectivity index (χ2v) is 4.00. The third-order valence-electron chi connectivity index (χ3n) is 2.65. The highest BCUT2D eigenvalue weighted by Crippen LogP contribution is 2.12. The van der Waals surface area contributed by atoms with Crippen LogP contribution in [0.3, 0.4) is 0 Å². The van der Waals surface area contributed by atoms with Gasteiger partial charge in [0.25, 0.3) is 0 Å². The summed E-state index contributed by atoms with van der Waals surface area (Å²) < 4.78 is 1.83. The van der Waals surface area contributed by atoms with E-state index in [4.69, 9.17) is 0 Å². The number of unbranched alkanes of at least 4 members (excludes halogenated alkanes) is 3. The van der Waals surface area contributed by atoms with E-state index in [1.54, 1.807) is 6.20 Å². The zero-order valence-electron chi connectivity index (χ0n) is 10.1. The Hall–Kier alpha value is -1.78. The van der Waals surface area contributed by atoms with Crippen molar-refractivity contribution in [3.63, 3.8) is 0 Å². The Kier molecular flexibility index (Phi) is 4.18. The Balaban J connectivity index is 2.02.